The molecule has 2 N–H and O–H groups in total. The summed E-state index contributed by atoms with van der Waals surface area (Å²) in [4.78, 5) is 17.1. The minimum absolute atomic E-state index is 0.0660. The summed E-state index contributed by atoms with van der Waals surface area (Å²) < 4.78 is 65.8. The van der Waals surface area contributed by atoms with Crippen LogP contribution in [-0.2, 0) is 9.84 Å². The Morgan fingerprint density at radius 2 is 1.85 bits per heavy atom. The monoisotopic (exact) mass is 490 g/mol. The lowest BCUT2D eigenvalue weighted by Gasteiger charge is -2.10. The predicted molar refractivity (Wildman–Crippen MR) is 117 cm³/mol. The number of rotatable bonds is 6. The Labute approximate surface area is 191 Å². The fourth-order valence-corrected chi connectivity index (χ4v) is 4.14. The number of hydrogen-bond acceptors (Lipinski definition) is 6. The fourth-order valence-electron chi connectivity index (χ4n) is 3.24. The van der Waals surface area contributed by atoms with Crippen LogP contribution in [0.1, 0.15) is 29.4 Å². The zero-order valence-electron chi connectivity index (χ0n) is 17.5. The molecule has 0 aliphatic heterocycles. The van der Waals surface area contributed by atoms with Gasteiger partial charge >= 0.3 is 0 Å². The summed E-state index contributed by atoms with van der Waals surface area (Å²) in [5.41, 5.74) is -0.727. The number of sulfone groups is 1. The lowest BCUT2D eigenvalue weighted by atomic mass is 10.1. The maximum atomic E-state index is 13.7. The summed E-state index contributed by atoms with van der Waals surface area (Å²) in [7, 11) is -3.62. The lowest BCUT2D eigenvalue weighted by Crippen LogP contribution is -2.14. The number of anilines is 1. The van der Waals surface area contributed by atoms with E-state index in [-0.39, 0.29) is 33.2 Å². The molecule has 0 saturated heterocycles. The number of amides is 1. The van der Waals surface area contributed by atoms with Gasteiger partial charge in [0.15, 0.2) is 15.5 Å². The van der Waals surface area contributed by atoms with Crippen molar-refractivity contribution in [2.24, 2.45) is 0 Å². The standard InChI is InChI=1S/C22H17F3N4O4S/c1-2-34(32,33)14-7-8-19(30)17(9-14)28-22(31)15-11-26-29-18(20(24)25)10-16(27-21(15)29)12-3-5-13(23)6-4-12/h3-11,20,30H,2H2,1H3,(H,28,31). The third kappa shape index (κ3) is 4.31. The minimum Gasteiger partial charge on any atom is -0.506 e. The van der Waals surface area contributed by atoms with E-state index in [0.717, 1.165) is 41.0 Å². The Hall–Kier alpha value is -3.93. The Bertz CT molecular complexity index is 1500. The second kappa shape index (κ2) is 8.78. The molecule has 0 unspecified atom stereocenters. The summed E-state index contributed by atoms with van der Waals surface area (Å²) in [6.45, 7) is 1.45. The van der Waals surface area contributed by atoms with Crippen molar-refractivity contribution in [3.8, 4) is 17.0 Å². The Kier molecular flexibility index (Phi) is 6.00. The minimum atomic E-state index is -3.62. The SMILES string of the molecule is CCS(=O)(=O)c1ccc(O)c(NC(=O)c2cnn3c(C(F)F)cc(-c4ccc(F)cc4)nc23)c1. The summed E-state index contributed by atoms with van der Waals surface area (Å²) in [6.07, 6.45) is -1.93. The maximum Gasteiger partial charge on any atom is 0.280 e. The number of phenolic OH excluding ortho intramolecular Hbond substituents is 1. The van der Waals surface area contributed by atoms with Gasteiger partial charge in [0.25, 0.3) is 12.3 Å². The number of aromatic hydroxyl groups is 1. The zero-order valence-corrected chi connectivity index (χ0v) is 18.4. The third-order valence-electron chi connectivity index (χ3n) is 5.06. The van der Waals surface area contributed by atoms with E-state index in [1.807, 2.05) is 0 Å². The topological polar surface area (TPSA) is 114 Å². The molecule has 2 heterocycles. The van der Waals surface area contributed by atoms with E-state index in [1.165, 1.54) is 25.1 Å². The average molecular weight is 490 g/mol. The molecule has 1 amide bonds. The molecule has 0 aliphatic rings. The third-order valence-corrected chi connectivity index (χ3v) is 6.80. The molecule has 2 aromatic carbocycles. The van der Waals surface area contributed by atoms with E-state index in [4.69, 9.17) is 0 Å². The number of benzene rings is 2. The molecular formula is C22H17F3N4O4S. The number of halogens is 3. The Morgan fingerprint density at radius 1 is 1.15 bits per heavy atom. The van der Waals surface area contributed by atoms with E-state index < -0.39 is 39.4 Å². The molecule has 176 valence electrons. The van der Waals surface area contributed by atoms with Crippen LogP contribution in [0, 0.1) is 5.82 Å². The highest BCUT2D eigenvalue weighted by Crippen LogP contribution is 2.30. The van der Waals surface area contributed by atoms with Crippen LogP contribution in [0.15, 0.2) is 59.6 Å². The van der Waals surface area contributed by atoms with Gasteiger partial charge in [0.1, 0.15) is 22.8 Å². The number of phenols is 1. The maximum absolute atomic E-state index is 13.7. The summed E-state index contributed by atoms with van der Waals surface area (Å²) in [5, 5.41) is 16.3. The van der Waals surface area contributed by atoms with Crippen molar-refractivity contribution in [1.29, 1.82) is 0 Å². The number of nitrogens with one attached hydrogen (secondary N) is 1. The summed E-state index contributed by atoms with van der Waals surface area (Å²) >= 11 is 0. The van der Waals surface area contributed by atoms with Crippen LogP contribution in [0.5, 0.6) is 5.75 Å². The van der Waals surface area contributed by atoms with Gasteiger partial charge in [0.05, 0.1) is 28.2 Å². The highest BCUT2D eigenvalue weighted by atomic mass is 32.2. The molecule has 0 spiro atoms. The number of aromatic nitrogens is 3. The van der Waals surface area contributed by atoms with Crippen molar-refractivity contribution in [1.82, 2.24) is 14.6 Å². The Morgan fingerprint density at radius 3 is 2.50 bits per heavy atom. The van der Waals surface area contributed by atoms with Crippen LogP contribution < -0.4 is 5.32 Å². The molecule has 0 atom stereocenters. The molecular weight excluding hydrogens is 473 g/mol. The van der Waals surface area contributed by atoms with Gasteiger partial charge in [0, 0.05) is 5.56 Å². The van der Waals surface area contributed by atoms with Gasteiger partial charge in [0.2, 0.25) is 0 Å². The van der Waals surface area contributed by atoms with Crippen LogP contribution in [0.2, 0.25) is 0 Å². The number of carbonyl (C=O) groups is 1. The van der Waals surface area contributed by atoms with E-state index in [2.05, 4.69) is 15.4 Å². The number of alkyl halides is 2. The molecule has 2 aromatic heterocycles. The summed E-state index contributed by atoms with van der Waals surface area (Å²) in [5.74, 6) is -1.96. The molecule has 0 aliphatic carbocycles. The van der Waals surface area contributed by atoms with E-state index in [0.29, 0.717) is 5.56 Å². The molecule has 0 fully saturated rings. The van der Waals surface area contributed by atoms with Gasteiger partial charge in [-0.3, -0.25) is 4.79 Å². The van der Waals surface area contributed by atoms with Gasteiger partial charge in [-0.25, -0.2) is 31.1 Å². The van der Waals surface area contributed by atoms with Crippen LogP contribution in [0.3, 0.4) is 0 Å². The highest BCUT2D eigenvalue weighted by Gasteiger charge is 2.23. The number of fused-ring (bicyclic) bond motifs is 1. The van der Waals surface area contributed by atoms with Gasteiger partial charge in [-0.05, 0) is 48.5 Å². The van der Waals surface area contributed by atoms with Crippen LogP contribution in [-0.4, -0.2) is 39.8 Å². The normalized spacial score (nSPS) is 11.8. The van der Waals surface area contributed by atoms with E-state index in [9.17, 15) is 31.5 Å². The number of nitrogens with zero attached hydrogens (tertiary/aromatic N) is 3. The molecule has 0 radical (unpaired) electrons. The number of carbonyl (C=O) groups excluding carboxylic acids is 1. The first-order chi connectivity index (χ1) is 16.1. The fraction of sp³-hybridized carbons (Fsp3) is 0.136. The van der Waals surface area contributed by atoms with Crippen LogP contribution in [0.25, 0.3) is 16.9 Å². The smallest absolute Gasteiger partial charge is 0.280 e. The lowest BCUT2D eigenvalue weighted by molar-refractivity contribution is 0.102. The molecule has 4 rings (SSSR count). The first kappa shape index (κ1) is 23.2. The first-order valence-corrected chi connectivity index (χ1v) is 11.6. The molecule has 12 heteroatoms. The molecule has 0 bridgehead atoms. The van der Waals surface area contributed by atoms with Crippen LogP contribution >= 0.6 is 0 Å². The quantitative estimate of drug-likeness (QED) is 0.391. The first-order valence-electron chi connectivity index (χ1n) is 9.90. The molecule has 0 saturated carbocycles. The van der Waals surface area contributed by atoms with Crippen molar-refractivity contribution < 1.29 is 31.5 Å². The largest absolute Gasteiger partial charge is 0.506 e. The van der Waals surface area contributed by atoms with Crippen molar-refractivity contribution in [3.63, 3.8) is 0 Å². The zero-order chi connectivity index (χ0) is 24.6. The van der Waals surface area contributed by atoms with Gasteiger partial charge < -0.3 is 10.4 Å². The van der Waals surface area contributed by atoms with Crippen molar-refractivity contribution in [2.45, 2.75) is 18.2 Å². The van der Waals surface area contributed by atoms with Crippen molar-refractivity contribution in [3.05, 3.63) is 71.8 Å². The average Bonchev–Trinajstić information content (AvgIpc) is 3.24. The molecule has 8 nitrogen and oxygen atoms in total. The Balaban J connectivity index is 1.79. The van der Waals surface area contributed by atoms with Crippen molar-refractivity contribution in [2.75, 3.05) is 11.1 Å². The predicted octanol–water partition coefficient (Wildman–Crippen LogP) is 4.22. The van der Waals surface area contributed by atoms with E-state index >= 15 is 0 Å². The molecule has 4 aromatic rings. The second-order valence-electron chi connectivity index (χ2n) is 7.20. The van der Waals surface area contributed by atoms with E-state index in [1.54, 1.807) is 0 Å². The van der Waals surface area contributed by atoms with Crippen molar-refractivity contribution >= 4 is 27.1 Å². The summed E-state index contributed by atoms with van der Waals surface area (Å²) in [6, 6.07) is 9.51. The van der Waals surface area contributed by atoms with Gasteiger partial charge in [-0.15, -0.1) is 0 Å². The van der Waals surface area contributed by atoms with Crippen LogP contribution in [0.4, 0.5) is 18.9 Å². The number of hydrogen-bond donors (Lipinski definition) is 2. The van der Waals surface area contributed by atoms with Gasteiger partial charge in [-0.1, -0.05) is 6.92 Å². The second-order valence-corrected chi connectivity index (χ2v) is 9.48. The van der Waals surface area contributed by atoms with Gasteiger partial charge in [-0.2, -0.15) is 5.10 Å². The highest BCUT2D eigenvalue weighted by molar-refractivity contribution is 7.91. The molecule has 34 heavy (non-hydrogen) atoms.